The quantitative estimate of drug-likeness (QED) is 0.894. The number of hydrogen-bond donors (Lipinski definition) is 2. The molecule has 0 saturated carbocycles. The van der Waals surface area contributed by atoms with Crippen molar-refractivity contribution >= 4 is 34.9 Å². The van der Waals surface area contributed by atoms with Gasteiger partial charge in [0.25, 0.3) is 0 Å². The molecule has 0 spiro atoms. The van der Waals surface area contributed by atoms with Gasteiger partial charge in [0.2, 0.25) is 5.91 Å². The Labute approximate surface area is 130 Å². The number of carbonyl (C=O) groups excluding carboxylic acids is 2. The van der Waals surface area contributed by atoms with Gasteiger partial charge in [0, 0.05) is 33.2 Å². The number of rotatable bonds is 4. The van der Waals surface area contributed by atoms with E-state index in [1.807, 2.05) is 25.1 Å². The summed E-state index contributed by atoms with van der Waals surface area (Å²) in [6, 6.07) is 4.16. The average molecular weight is 313 g/mol. The van der Waals surface area contributed by atoms with Gasteiger partial charge in [-0.2, -0.15) is 0 Å². The Balaban J connectivity index is 2.79. The Hall–Kier alpha value is -1.95. The Morgan fingerprint density at radius 2 is 1.81 bits per heavy atom. The van der Waals surface area contributed by atoms with Crippen LogP contribution in [-0.2, 0) is 4.79 Å². The predicted molar refractivity (Wildman–Crippen MR) is 86.1 cm³/mol. The minimum atomic E-state index is -0.609. The molecule has 0 aliphatic carbocycles. The van der Waals surface area contributed by atoms with Crippen LogP contribution in [0.15, 0.2) is 18.2 Å². The average Bonchev–Trinajstić information content (AvgIpc) is 2.36. The van der Waals surface area contributed by atoms with Crippen molar-refractivity contribution in [1.29, 1.82) is 0 Å². The van der Waals surface area contributed by atoms with E-state index >= 15 is 0 Å². The molecule has 0 aliphatic rings. The molecule has 6 nitrogen and oxygen atoms in total. The van der Waals surface area contributed by atoms with Gasteiger partial charge in [-0.05, 0) is 25.1 Å². The summed E-state index contributed by atoms with van der Waals surface area (Å²) >= 11 is 5.95. The van der Waals surface area contributed by atoms with E-state index in [9.17, 15) is 9.59 Å². The summed E-state index contributed by atoms with van der Waals surface area (Å²) < 4.78 is 0. The molecule has 0 saturated heterocycles. The first-order valence-corrected chi connectivity index (χ1v) is 6.85. The van der Waals surface area contributed by atoms with Gasteiger partial charge in [0.15, 0.2) is 0 Å². The third-order valence-corrected chi connectivity index (χ3v) is 3.08. The Kier molecular flexibility index (Phi) is 5.84. The number of urea groups is 1. The Morgan fingerprint density at radius 1 is 1.19 bits per heavy atom. The molecule has 0 heterocycles. The van der Waals surface area contributed by atoms with Gasteiger partial charge >= 0.3 is 6.03 Å². The van der Waals surface area contributed by atoms with Crippen LogP contribution < -0.4 is 15.5 Å². The molecule has 0 radical (unpaired) electrons. The van der Waals surface area contributed by atoms with Gasteiger partial charge in [-0.15, -0.1) is 0 Å². The molecular formula is C14H21ClN4O2. The molecule has 1 atom stereocenters. The lowest BCUT2D eigenvalue weighted by atomic mass is 10.2. The lowest BCUT2D eigenvalue weighted by Gasteiger charge is -2.21. The first-order chi connectivity index (χ1) is 9.72. The summed E-state index contributed by atoms with van der Waals surface area (Å²) in [4.78, 5) is 27.0. The number of likely N-dealkylation sites (N-methyl/N-ethyl adjacent to an activating group) is 1. The van der Waals surface area contributed by atoms with E-state index < -0.39 is 12.1 Å². The second-order valence-corrected chi connectivity index (χ2v) is 5.55. The van der Waals surface area contributed by atoms with Crippen LogP contribution in [-0.4, -0.2) is 51.1 Å². The zero-order valence-corrected chi connectivity index (χ0v) is 13.7. The molecule has 1 aromatic rings. The molecular weight excluding hydrogens is 292 g/mol. The van der Waals surface area contributed by atoms with Crippen molar-refractivity contribution in [2.24, 2.45) is 0 Å². The molecule has 0 aliphatic heterocycles. The van der Waals surface area contributed by atoms with Crippen LogP contribution in [0.2, 0.25) is 5.02 Å². The smallest absolute Gasteiger partial charge is 0.319 e. The molecule has 1 aromatic carbocycles. The Morgan fingerprint density at radius 3 is 2.33 bits per heavy atom. The minimum absolute atomic E-state index is 0.177. The normalized spacial score (nSPS) is 11.5. The van der Waals surface area contributed by atoms with Gasteiger partial charge in [-0.1, -0.05) is 11.6 Å². The number of benzene rings is 1. The number of anilines is 2. The number of amides is 3. The van der Waals surface area contributed by atoms with Crippen LogP contribution in [0.1, 0.15) is 6.92 Å². The van der Waals surface area contributed by atoms with Crippen LogP contribution in [0.3, 0.4) is 0 Å². The maximum absolute atomic E-state index is 12.0. The van der Waals surface area contributed by atoms with Crippen molar-refractivity contribution in [3.8, 4) is 0 Å². The number of halogens is 1. The first kappa shape index (κ1) is 17.1. The van der Waals surface area contributed by atoms with Crippen LogP contribution >= 0.6 is 11.6 Å². The van der Waals surface area contributed by atoms with Crippen molar-refractivity contribution in [3.63, 3.8) is 0 Å². The summed E-state index contributed by atoms with van der Waals surface area (Å²) in [7, 11) is 7.01. The van der Waals surface area contributed by atoms with Crippen LogP contribution in [0.25, 0.3) is 0 Å². The summed E-state index contributed by atoms with van der Waals surface area (Å²) in [6.45, 7) is 1.63. The highest BCUT2D eigenvalue weighted by Gasteiger charge is 2.18. The predicted octanol–water partition coefficient (Wildman–Crippen LogP) is 2.00. The fourth-order valence-electron chi connectivity index (χ4n) is 1.80. The highest BCUT2D eigenvalue weighted by molar-refractivity contribution is 6.31. The van der Waals surface area contributed by atoms with Crippen molar-refractivity contribution < 1.29 is 9.59 Å². The molecule has 0 unspecified atom stereocenters. The molecule has 0 bridgehead atoms. The molecule has 0 aromatic heterocycles. The van der Waals surface area contributed by atoms with Crippen molar-refractivity contribution in [2.45, 2.75) is 13.0 Å². The first-order valence-electron chi connectivity index (χ1n) is 6.48. The second kappa shape index (κ2) is 7.17. The van der Waals surface area contributed by atoms with E-state index in [1.165, 1.54) is 4.90 Å². The third kappa shape index (κ3) is 4.82. The number of nitrogens with zero attached hydrogens (tertiary/aromatic N) is 2. The largest absolute Gasteiger partial charge is 0.376 e. The van der Waals surface area contributed by atoms with Gasteiger partial charge < -0.3 is 20.4 Å². The second-order valence-electron chi connectivity index (χ2n) is 5.11. The minimum Gasteiger partial charge on any atom is -0.376 e. The van der Waals surface area contributed by atoms with Crippen LogP contribution in [0, 0.1) is 0 Å². The van der Waals surface area contributed by atoms with E-state index in [1.54, 1.807) is 33.2 Å². The zero-order chi connectivity index (χ0) is 16.2. The zero-order valence-electron chi connectivity index (χ0n) is 12.9. The van der Waals surface area contributed by atoms with Crippen LogP contribution in [0.5, 0.6) is 0 Å². The van der Waals surface area contributed by atoms with Crippen molar-refractivity contribution in [3.05, 3.63) is 23.2 Å². The molecule has 3 amide bonds. The summed E-state index contributed by atoms with van der Waals surface area (Å²) in [5.74, 6) is -0.177. The molecule has 116 valence electrons. The van der Waals surface area contributed by atoms with Crippen molar-refractivity contribution in [1.82, 2.24) is 10.2 Å². The van der Waals surface area contributed by atoms with Gasteiger partial charge in [0.1, 0.15) is 6.04 Å². The third-order valence-electron chi connectivity index (χ3n) is 2.85. The maximum atomic E-state index is 12.0. The monoisotopic (exact) mass is 312 g/mol. The fraction of sp³-hybridized carbons (Fsp3) is 0.429. The topological polar surface area (TPSA) is 64.7 Å². The van der Waals surface area contributed by atoms with Gasteiger partial charge in [0.05, 0.1) is 11.4 Å². The summed E-state index contributed by atoms with van der Waals surface area (Å²) in [5, 5.41) is 5.82. The molecule has 1 rings (SSSR count). The van der Waals surface area contributed by atoms with E-state index in [4.69, 9.17) is 11.6 Å². The van der Waals surface area contributed by atoms with Gasteiger partial charge in [-0.25, -0.2) is 4.79 Å². The Bertz CT molecular complexity index is 532. The summed E-state index contributed by atoms with van der Waals surface area (Å²) in [6.07, 6.45) is 0. The number of nitrogens with one attached hydrogen (secondary N) is 2. The fourth-order valence-corrected chi connectivity index (χ4v) is 1.97. The van der Waals surface area contributed by atoms with E-state index in [0.29, 0.717) is 10.7 Å². The maximum Gasteiger partial charge on any atom is 0.319 e. The molecule has 2 N–H and O–H groups in total. The highest BCUT2D eigenvalue weighted by Crippen LogP contribution is 2.27. The standard InChI is InChI=1S/C14H21ClN4O2/c1-9(13(20)19(4)5)16-14(21)17-11-8-10(15)6-7-12(11)18(2)3/h6-9H,1-5H3,(H2,16,17,21)/t9-/m0/s1. The van der Waals surface area contributed by atoms with Gasteiger partial charge in [-0.3, -0.25) is 4.79 Å². The number of hydrogen-bond acceptors (Lipinski definition) is 3. The molecule has 21 heavy (non-hydrogen) atoms. The molecule has 7 heteroatoms. The summed E-state index contributed by atoms with van der Waals surface area (Å²) in [5.41, 5.74) is 1.40. The van der Waals surface area contributed by atoms with E-state index in [0.717, 1.165) is 5.69 Å². The van der Waals surface area contributed by atoms with Crippen LogP contribution in [0.4, 0.5) is 16.2 Å². The highest BCUT2D eigenvalue weighted by atomic mass is 35.5. The van der Waals surface area contributed by atoms with E-state index in [-0.39, 0.29) is 5.91 Å². The number of carbonyl (C=O) groups is 2. The van der Waals surface area contributed by atoms with E-state index in [2.05, 4.69) is 10.6 Å². The molecule has 0 fully saturated rings. The SMILES string of the molecule is C[C@H](NC(=O)Nc1cc(Cl)ccc1N(C)C)C(=O)N(C)C. The lowest BCUT2D eigenvalue weighted by molar-refractivity contribution is -0.130. The van der Waals surface area contributed by atoms with Crippen molar-refractivity contribution in [2.75, 3.05) is 38.4 Å². The lowest BCUT2D eigenvalue weighted by Crippen LogP contribution is -2.45.